The summed E-state index contributed by atoms with van der Waals surface area (Å²) in [6, 6.07) is 4.59. The predicted molar refractivity (Wildman–Crippen MR) is 74.2 cm³/mol. The highest BCUT2D eigenvalue weighted by molar-refractivity contribution is 7.91. The number of alkyl halides is 1. The highest BCUT2D eigenvalue weighted by Crippen LogP contribution is 2.25. The van der Waals surface area contributed by atoms with E-state index in [0.717, 1.165) is 0 Å². The molecule has 1 N–H and O–H groups in total. The van der Waals surface area contributed by atoms with Crippen molar-refractivity contribution >= 4 is 9.84 Å². The van der Waals surface area contributed by atoms with E-state index < -0.39 is 35.3 Å². The molecule has 0 saturated carbocycles. The standard InChI is InChI=1S/C12H16FN3O4S/c1-20-12(11(8-13)15-16-14)9-2-4-10(5-3-9)21(18,19)7-6-17/h2-5,11-12,17H,6-8H2,1H3/t11-,12-/m1/s1. The number of sulfone groups is 1. The number of hydrogen-bond acceptors (Lipinski definition) is 5. The lowest BCUT2D eigenvalue weighted by atomic mass is 10.0. The number of halogens is 1. The van der Waals surface area contributed by atoms with Crippen LogP contribution in [-0.4, -0.2) is 45.7 Å². The fourth-order valence-corrected chi connectivity index (χ4v) is 2.88. The van der Waals surface area contributed by atoms with E-state index in [0.29, 0.717) is 5.56 Å². The van der Waals surface area contributed by atoms with E-state index in [9.17, 15) is 12.8 Å². The molecule has 2 atom stereocenters. The molecule has 21 heavy (non-hydrogen) atoms. The van der Waals surface area contributed by atoms with Crippen molar-refractivity contribution in [2.75, 3.05) is 26.1 Å². The van der Waals surface area contributed by atoms with Gasteiger partial charge < -0.3 is 9.84 Å². The zero-order valence-electron chi connectivity index (χ0n) is 11.4. The number of benzene rings is 1. The van der Waals surface area contributed by atoms with Gasteiger partial charge in [-0.25, -0.2) is 8.42 Å². The Labute approximate surface area is 121 Å². The Morgan fingerprint density at radius 2 is 2.05 bits per heavy atom. The summed E-state index contributed by atoms with van der Waals surface area (Å²) in [6.07, 6.45) is -0.805. The minimum Gasteiger partial charge on any atom is -0.395 e. The predicted octanol–water partition coefficient (Wildman–Crippen LogP) is 1.79. The molecule has 116 valence electrons. The molecular weight excluding hydrogens is 301 g/mol. The SMILES string of the molecule is CO[C@H](c1ccc(S(=O)(=O)CCO)cc1)[C@@H](CF)N=[N+]=[N-]. The van der Waals surface area contributed by atoms with Crippen LogP contribution in [0.4, 0.5) is 4.39 Å². The number of aliphatic hydroxyl groups is 1. The van der Waals surface area contributed by atoms with Crippen LogP contribution < -0.4 is 0 Å². The van der Waals surface area contributed by atoms with Gasteiger partial charge >= 0.3 is 0 Å². The molecule has 0 fully saturated rings. The van der Waals surface area contributed by atoms with E-state index in [1.54, 1.807) is 0 Å². The number of azide groups is 1. The normalized spacial score (nSPS) is 14.2. The van der Waals surface area contributed by atoms with Crippen LogP contribution >= 0.6 is 0 Å². The number of hydrogen-bond donors (Lipinski definition) is 1. The third kappa shape index (κ3) is 4.40. The quantitative estimate of drug-likeness (QED) is 0.447. The van der Waals surface area contributed by atoms with Crippen LogP contribution in [0.25, 0.3) is 10.4 Å². The third-order valence-corrected chi connectivity index (χ3v) is 4.60. The summed E-state index contributed by atoms with van der Waals surface area (Å²) in [7, 11) is -2.20. The largest absolute Gasteiger partial charge is 0.395 e. The second-order valence-corrected chi connectivity index (χ2v) is 6.30. The van der Waals surface area contributed by atoms with Gasteiger partial charge in [-0.2, -0.15) is 0 Å². The van der Waals surface area contributed by atoms with Gasteiger partial charge in [0.25, 0.3) is 0 Å². The maximum absolute atomic E-state index is 12.9. The highest BCUT2D eigenvalue weighted by atomic mass is 32.2. The molecule has 7 nitrogen and oxygen atoms in total. The number of nitrogens with zero attached hydrogens (tertiary/aromatic N) is 3. The zero-order chi connectivity index (χ0) is 15.9. The molecule has 0 aliphatic rings. The average Bonchev–Trinajstić information content (AvgIpc) is 2.47. The van der Waals surface area contributed by atoms with Gasteiger partial charge in [-0.1, -0.05) is 17.2 Å². The van der Waals surface area contributed by atoms with Gasteiger partial charge in [0.2, 0.25) is 0 Å². The van der Waals surface area contributed by atoms with Crippen molar-refractivity contribution < 1.29 is 22.7 Å². The fourth-order valence-electron chi connectivity index (χ4n) is 1.86. The maximum Gasteiger partial charge on any atom is 0.180 e. The van der Waals surface area contributed by atoms with E-state index in [1.807, 2.05) is 0 Å². The molecule has 0 aromatic heterocycles. The molecule has 0 radical (unpaired) electrons. The Hall–Kier alpha value is -1.67. The lowest BCUT2D eigenvalue weighted by Crippen LogP contribution is -2.20. The molecule has 1 aromatic rings. The summed E-state index contributed by atoms with van der Waals surface area (Å²) in [5.74, 6) is -0.369. The van der Waals surface area contributed by atoms with Crippen molar-refractivity contribution in [2.24, 2.45) is 5.11 Å². The zero-order valence-corrected chi connectivity index (χ0v) is 12.2. The lowest BCUT2D eigenvalue weighted by molar-refractivity contribution is 0.0721. The topological polar surface area (TPSA) is 112 Å². The molecule has 0 amide bonds. The Morgan fingerprint density at radius 1 is 1.43 bits per heavy atom. The minimum absolute atomic E-state index is 0.0516. The van der Waals surface area contributed by atoms with Gasteiger partial charge in [0.15, 0.2) is 9.84 Å². The van der Waals surface area contributed by atoms with Crippen molar-refractivity contribution in [3.63, 3.8) is 0 Å². The van der Waals surface area contributed by atoms with Crippen LogP contribution in [0.3, 0.4) is 0 Å². The van der Waals surface area contributed by atoms with E-state index in [4.69, 9.17) is 15.4 Å². The summed E-state index contributed by atoms with van der Waals surface area (Å²) in [5.41, 5.74) is 8.90. The molecule has 9 heteroatoms. The summed E-state index contributed by atoms with van der Waals surface area (Å²) in [4.78, 5) is 2.62. The Kier molecular flexibility index (Phi) is 6.57. The van der Waals surface area contributed by atoms with Gasteiger partial charge in [0, 0.05) is 12.0 Å². The molecule has 0 saturated heterocycles. The van der Waals surface area contributed by atoms with E-state index >= 15 is 0 Å². The molecule has 0 bridgehead atoms. The maximum atomic E-state index is 12.9. The molecule has 1 aromatic carbocycles. The molecule has 0 unspecified atom stereocenters. The molecule has 0 aliphatic carbocycles. The second kappa shape index (κ2) is 7.94. The van der Waals surface area contributed by atoms with Crippen LogP contribution in [-0.2, 0) is 14.6 Å². The number of ether oxygens (including phenoxy) is 1. The first kappa shape index (κ1) is 17.4. The highest BCUT2D eigenvalue weighted by Gasteiger charge is 2.23. The molecule has 1 rings (SSSR count). The van der Waals surface area contributed by atoms with E-state index in [1.165, 1.54) is 31.4 Å². The first-order valence-electron chi connectivity index (χ1n) is 6.06. The molecule has 0 heterocycles. The second-order valence-electron chi connectivity index (χ2n) is 4.19. The monoisotopic (exact) mass is 317 g/mol. The van der Waals surface area contributed by atoms with Gasteiger partial charge in [0.05, 0.1) is 29.4 Å². The van der Waals surface area contributed by atoms with Crippen LogP contribution in [0, 0.1) is 0 Å². The van der Waals surface area contributed by atoms with Crippen molar-refractivity contribution in [2.45, 2.75) is 17.0 Å². The summed E-state index contributed by atoms with van der Waals surface area (Å²) >= 11 is 0. The average molecular weight is 317 g/mol. The van der Waals surface area contributed by atoms with Crippen molar-refractivity contribution in [3.05, 3.63) is 40.3 Å². The van der Waals surface area contributed by atoms with Crippen LogP contribution in [0.15, 0.2) is 34.3 Å². The first-order chi connectivity index (χ1) is 10.00. The van der Waals surface area contributed by atoms with Crippen LogP contribution in [0.5, 0.6) is 0 Å². The van der Waals surface area contributed by atoms with Gasteiger partial charge in [-0.05, 0) is 23.2 Å². The number of rotatable bonds is 8. The van der Waals surface area contributed by atoms with Crippen LogP contribution in [0.1, 0.15) is 11.7 Å². The van der Waals surface area contributed by atoms with Crippen molar-refractivity contribution in [1.29, 1.82) is 0 Å². The summed E-state index contributed by atoms with van der Waals surface area (Å²) in [6.45, 7) is -1.36. The third-order valence-electron chi connectivity index (χ3n) is 2.89. The van der Waals surface area contributed by atoms with Crippen molar-refractivity contribution in [3.8, 4) is 0 Å². The van der Waals surface area contributed by atoms with Crippen molar-refractivity contribution in [1.82, 2.24) is 0 Å². The Morgan fingerprint density at radius 3 is 2.48 bits per heavy atom. The number of methoxy groups -OCH3 is 1. The first-order valence-corrected chi connectivity index (χ1v) is 7.72. The van der Waals surface area contributed by atoms with Gasteiger partial charge in [-0.15, -0.1) is 0 Å². The van der Waals surface area contributed by atoms with Gasteiger partial charge in [-0.3, -0.25) is 4.39 Å². The fraction of sp³-hybridized carbons (Fsp3) is 0.500. The molecule has 0 spiro atoms. The Balaban J connectivity index is 3.07. The number of aliphatic hydroxyl groups excluding tert-OH is 1. The van der Waals surface area contributed by atoms with E-state index in [-0.39, 0.29) is 10.6 Å². The van der Waals surface area contributed by atoms with Crippen LogP contribution in [0.2, 0.25) is 0 Å². The summed E-state index contributed by atoms with van der Waals surface area (Å²) in [5, 5.41) is 12.0. The molecular formula is C12H16FN3O4S. The Bertz CT molecular complexity index is 599. The summed E-state index contributed by atoms with van der Waals surface area (Å²) < 4.78 is 41.5. The minimum atomic E-state index is -3.54. The lowest BCUT2D eigenvalue weighted by Gasteiger charge is -2.20. The van der Waals surface area contributed by atoms with E-state index in [2.05, 4.69) is 10.0 Å². The smallest absolute Gasteiger partial charge is 0.180 e. The molecule has 0 aliphatic heterocycles. The van der Waals surface area contributed by atoms with Gasteiger partial charge in [0.1, 0.15) is 6.67 Å².